The number of rotatable bonds is 42. The zero-order chi connectivity index (χ0) is 37.0. The molecule has 2 N–H and O–H groups in total. The van der Waals surface area contributed by atoms with E-state index in [0.717, 1.165) is 32.4 Å². The molecule has 0 heterocycles. The van der Waals surface area contributed by atoms with E-state index in [1.54, 1.807) is 0 Å². The summed E-state index contributed by atoms with van der Waals surface area (Å²) in [6, 6.07) is 0. The van der Waals surface area contributed by atoms with Crippen molar-refractivity contribution < 1.29 is 19.0 Å². The topological polar surface area (TPSA) is 68.8 Å². The first kappa shape index (κ1) is 49.6. The molecule has 0 aliphatic heterocycles. The Hall–Kier alpha value is -1.37. The molecule has 0 bridgehead atoms. The number of carbonyl (C=O) groups is 1. The summed E-state index contributed by atoms with van der Waals surface area (Å²) in [5, 5.41) is 6.14. The van der Waals surface area contributed by atoms with Crippen molar-refractivity contribution in [2.45, 2.75) is 213 Å². The van der Waals surface area contributed by atoms with Crippen molar-refractivity contribution in [2.24, 2.45) is 0 Å². The Kier molecular flexibility index (Phi) is 43.6. The monoisotopic (exact) mass is 721 g/mol. The van der Waals surface area contributed by atoms with Crippen LogP contribution in [0.1, 0.15) is 207 Å². The molecule has 0 aliphatic rings. The van der Waals surface area contributed by atoms with Crippen LogP contribution in [0.2, 0.25) is 0 Å². The van der Waals surface area contributed by atoms with Gasteiger partial charge < -0.3 is 24.8 Å². The van der Waals surface area contributed by atoms with Crippen molar-refractivity contribution in [1.82, 2.24) is 10.6 Å². The molecular formula is C45H88N2O4. The zero-order valence-electron chi connectivity index (χ0n) is 34.5. The smallest absolute Gasteiger partial charge is 0.407 e. The van der Waals surface area contributed by atoms with Gasteiger partial charge in [-0.3, -0.25) is 0 Å². The molecule has 302 valence electrons. The third-order valence-corrected chi connectivity index (χ3v) is 9.48. The number of hydrogen-bond acceptors (Lipinski definition) is 5. The van der Waals surface area contributed by atoms with Crippen molar-refractivity contribution in [2.75, 3.05) is 46.1 Å². The number of hydrogen-bond donors (Lipinski definition) is 2. The average Bonchev–Trinajstić information content (AvgIpc) is 3.13. The normalized spacial score (nSPS) is 12.4. The van der Waals surface area contributed by atoms with Crippen LogP contribution in [0.4, 0.5) is 4.79 Å². The van der Waals surface area contributed by atoms with Gasteiger partial charge in [-0.25, -0.2) is 4.79 Å². The standard InChI is InChI=1S/C45H88N2O4/c1-4-7-9-11-13-15-17-19-21-23-25-27-29-31-33-35-40-49-42-44(51-45(48)47-39-38-46-37-6-3)43-50-41-36-34-32-30-28-26-24-22-20-18-16-14-12-10-8-5-2/h19-22,44,46H,4-18,23-43H2,1-3H3,(H,47,48). The van der Waals surface area contributed by atoms with E-state index in [-0.39, 0.29) is 12.2 Å². The molecule has 1 amide bonds. The predicted molar refractivity (Wildman–Crippen MR) is 222 cm³/mol. The summed E-state index contributed by atoms with van der Waals surface area (Å²) in [6.45, 7) is 11.1. The first-order valence-corrected chi connectivity index (χ1v) is 22.3. The van der Waals surface area contributed by atoms with Gasteiger partial charge in [0.05, 0.1) is 13.2 Å². The van der Waals surface area contributed by atoms with E-state index < -0.39 is 0 Å². The number of alkyl carbamates (subject to hydrolysis) is 1. The molecule has 0 atom stereocenters. The summed E-state index contributed by atoms with van der Waals surface area (Å²) >= 11 is 0. The highest BCUT2D eigenvalue weighted by molar-refractivity contribution is 5.67. The quantitative estimate of drug-likeness (QED) is 0.0485. The van der Waals surface area contributed by atoms with Crippen LogP contribution in [-0.2, 0) is 14.2 Å². The average molecular weight is 721 g/mol. The molecule has 51 heavy (non-hydrogen) atoms. The van der Waals surface area contributed by atoms with E-state index in [2.05, 4.69) is 55.7 Å². The van der Waals surface area contributed by atoms with Crippen molar-refractivity contribution in [3.05, 3.63) is 24.3 Å². The van der Waals surface area contributed by atoms with Crippen LogP contribution in [-0.4, -0.2) is 58.3 Å². The first-order valence-electron chi connectivity index (χ1n) is 22.3. The SMILES string of the molecule is CCCCCCCCC=CCCCCCCCCOCC(COCCCCCCCCC=CCCCCCCCC)OC(=O)NCCNCCC. The molecule has 0 aromatic carbocycles. The van der Waals surface area contributed by atoms with Crippen molar-refractivity contribution in [1.29, 1.82) is 0 Å². The van der Waals surface area contributed by atoms with Crippen molar-refractivity contribution in [3.8, 4) is 0 Å². The molecule has 0 unspecified atom stereocenters. The van der Waals surface area contributed by atoms with E-state index in [1.807, 2.05) is 0 Å². The van der Waals surface area contributed by atoms with Gasteiger partial charge in [-0.15, -0.1) is 0 Å². The molecule has 0 saturated heterocycles. The molecule has 6 heteroatoms. The fourth-order valence-electron chi connectivity index (χ4n) is 6.20. The highest BCUT2D eigenvalue weighted by Crippen LogP contribution is 2.12. The first-order chi connectivity index (χ1) is 25.2. The van der Waals surface area contributed by atoms with Gasteiger partial charge in [0, 0.05) is 26.3 Å². The van der Waals surface area contributed by atoms with E-state index in [0.29, 0.717) is 33.0 Å². The van der Waals surface area contributed by atoms with E-state index in [4.69, 9.17) is 14.2 Å². The van der Waals surface area contributed by atoms with Gasteiger partial charge in [0.2, 0.25) is 0 Å². The molecule has 0 saturated carbocycles. The summed E-state index contributed by atoms with van der Waals surface area (Å²) in [4.78, 5) is 12.4. The van der Waals surface area contributed by atoms with Gasteiger partial charge in [0.25, 0.3) is 0 Å². The lowest BCUT2D eigenvalue weighted by Gasteiger charge is -2.19. The fraction of sp³-hybridized carbons (Fsp3) is 0.889. The van der Waals surface area contributed by atoms with Crippen LogP contribution in [0.3, 0.4) is 0 Å². The number of carbonyl (C=O) groups excluding carboxylic acids is 1. The number of ether oxygens (including phenoxy) is 3. The van der Waals surface area contributed by atoms with Crippen molar-refractivity contribution >= 4 is 6.09 Å². The Morgan fingerprint density at radius 2 is 0.824 bits per heavy atom. The molecule has 6 nitrogen and oxygen atoms in total. The summed E-state index contributed by atoms with van der Waals surface area (Å²) in [7, 11) is 0. The predicted octanol–water partition coefficient (Wildman–Crippen LogP) is 13.2. The van der Waals surface area contributed by atoms with Crippen LogP contribution in [0.15, 0.2) is 24.3 Å². The van der Waals surface area contributed by atoms with Gasteiger partial charge in [-0.2, -0.15) is 0 Å². The van der Waals surface area contributed by atoms with Crippen LogP contribution in [0.5, 0.6) is 0 Å². The number of amides is 1. The highest BCUT2D eigenvalue weighted by atomic mass is 16.6. The molecule has 0 aromatic heterocycles. The minimum absolute atomic E-state index is 0.378. The fourth-order valence-corrected chi connectivity index (χ4v) is 6.20. The van der Waals surface area contributed by atoms with Crippen LogP contribution in [0.25, 0.3) is 0 Å². The third-order valence-electron chi connectivity index (χ3n) is 9.48. The Morgan fingerprint density at radius 1 is 0.451 bits per heavy atom. The Bertz CT molecular complexity index is 683. The molecule has 0 fully saturated rings. The summed E-state index contributed by atoms with van der Waals surface area (Å²) in [6.07, 6.45) is 46.3. The molecule has 0 radical (unpaired) electrons. The van der Waals surface area contributed by atoms with Gasteiger partial charge in [-0.1, -0.05) is 161 Å². The molecular weight excluding hydrogens is 633 g/mol. The van der Waals surface area contributed by atoms with Crippen LogP contribution >= 0.6 is 0 Å². The third kappa shape index (κ3) is 42.9. The maximum atomic E-state index is 12.4. The minimum Gasteiger partial charge on any atom is -0.441 e. The summed E-state index contributed by atoms with van der Waals surface area (Å²) in [5.74, 6) is 0. The van der Waals surface area contributed by atoms with E-state index >= 15 is 0 Å². The second-order valence-electron chi connectivity index (χ2n) is 14.7. The molecule has 0 aromatic rings. The molecule has 0 spiro atoms. The summed E-state index contributed by atoms with van der Waals surface area (Å²) in [5.41, 5.74) is 0. The Balaban J connectivity index is 3.93. The lowest BCUT2D eigenvalue weighted by molar-refractivity contribution is -0.0291. The molecule has 0 rings (SSSR count). The Morgan fingerprint density at radius 3 is 1.22 bits per heavy atom. The number of unbranched alkanes of at least 4 members (excludes halogenated alkanes) is 24. The maximum absolute atomic E-state index is 12.4. The minimum atomic E-state index is -0.389. The number of nitrogens with one attached hydrogen (secondary N) is 2. The second kappa shape index (κ2) is 44.8. The maximum Gasteiger partial charge on any atom is 0.407 e. The van der Waals surface area contributed by atoms with E-state index in [1.165, 1.54) is 167 Å². The van der Waals surface area contributed by atoms with E-state index in [9.17, 15) is 4.79 Å². The second-order valence-corrected chi connectivity index (χ2v) is 14.7. The largest absolute Gasteiger partial charge is 0.441 e. The van der Waals surface area contributed by atoms with Crippen LogP contribution < -0.4 is 10.6 Å². The Labute approximate surface area is 318 Å². The van der Waals surface area contributed by atoms with Crippen LogP contribution in [0, 0.1) is 0 Å². The van der Waals surface area contributed by atoms with Crippen molar-refractivity contribution in [3.63, 3.8) is 0 Å². The van der Waals surface area contributed by atoms with Gasteiger partial charge in [0.15, 0.2) is 6.10 Å². The zero-order valence-corrected chi connectivity index (χ0v) is 34.5. The lowest BCUT2D eigenvalue weighted by Crippen LogP contribution is -2.37. The summed E-state index contributed by atoms with van der Waals surface area (Å²) < 4.78 is 17.6. The number of allylic oxidation sites excluding steroid dienone is 4. The molecule has 0 aliphatic carbocycles. The van der Waals surface area contributed by atoms with Gasteiger partial charge in [0.1, 0.15) is 0 Å². The van der Waals surface area contributed by atoms with Gasteiger partial charge >= 0.3 is 6.09 Å². The van der Waals surface area contributed by atoms with Gasteiger partial charge in [-0.05, 0) is 77.2 Å². The highest BCUT2D eigenvalue weighted by Gasteiger charge is 2.15. The lowest BCUT2D eigenvalue weighted by atomic mass is 10.1.